The number of nitrogens with one attached hydrogen (secondary N) is 2. The van der Waals surface area contributed by atoms with Gasteiger partial charge in [-0.25, -0.2) is 0 Å². The number of hydrogen-bond acceptors (Lipinski definition) is 4. The molecule has 2 N–H and O–H groups in total. The van der Waals surface area contributed by atoms with Gasteiger partial charge in [0.25, 0.3) is 0 Å². The highest BCUT2D eigenvalue weighted by Crippen LogP contribution is 2.32. The molecular weight excluding hydrogens is 314 g/mol. The number of thiophene rings is 1. The zero-order valence-electron chi connectivity index (χ0n) is 14.1. The highest BCUT2D eigenvalue weighted by atomic mass is 32.1. The Hall–Kier alpha value is -1.65. The van der Waals surface area contributed by atoms with Crippen LogP contribution in [0.15, 0.2) is 35.7 Å². The second kappa shape index (κ2) is 7.08. The van der Waals surface area contributed by atoms with Crippen LogP contribution < -0.4 is 10.2 Å². The monoisotopic (exact) mass is 339 g/mol. The standard InChI is InChI=1S/C20H25N3S/c21-18(20-4-2-12-24-20)14-15-5-6-19-16(13-15)3-1-11-23(19)17-7-9-22-10-8-17/h2,4-6,12-13,17,21-22H,1,3,7-11,14H2. The topological polar surface area (TPSA) is 39.1 Å². The molecule has 3 nitrogen and oxygen atoms in total. The van der Waals surface area contributed by atoms with Crippen molar-refractivity contribution in [1.29, 1.82) is 5.41 Å². The first-order valence-electron chi connectivity index (χ1n) is 9.02. The van der Waals surface area contributed by atoms with Gasteiger partial charge in [0.2, 0.25) is 0 Å². The number of fused-ring (bicyclic) bond motifs is 1. The molecule has 2 aromatic rings. The molecular formula is C20H25N3S. The number of benzene rings is 1. The van der Waals surface area contributed by atoms with Crippen molar-refractivity contribution in [3.05, 3.63) is 51.7 Å². The fourth-order valence-corrected chi connectivity index (χ4v) is 4.70. The van der Waals surface area contributed by atoms with E-state index in [1.807, 2.05) is 17.5 Å². The Bertz CT molecular complexity index is 702. The molecule has 1 aromatic heterocycles. The van der Waals surface area contributed by atoms with Crippen molar-refractivity contribution < 1.29 is 0 Å². The van der Waals surface area contributed by atoms with Crippen LogP contribution in [0.3, 0.4) is 0 Å². The predicted molar refractivity (Wildman–Crippen MR) is 103 cm³/mol. The Kier molecular flexibility index (Phi) is 4.67. The maximum Gasteiger partial charge on any atom is 0.0529 e. The zero-order valence-corrected chi connectivity index (χ0v) is 14.9. The van der Waals surface area contributed by atoms with Gasteiger partial charge in [-0.15, -0.1) is 11.3 Å². The molecule has 1 aromatic carbocycles. The fourth-order valence-electron chi connectivity index (χ4n) is 4.03. The Morgan fingerprint density at radius 3 is 2.92 bits per heavy atom. The van der Waals surface area contributed by atoms with E-state index in [0.29, 0.717) is 6.04 Å². The minimum Gasteiger partial charge on any atom is -0.368 e. The average Bonchev–Trinajstić information content (AvgIpc) is 3.16. The van der Waals surface area contributed by atoms with E-state index >= 15 is 0 Å². The molecule has 0 radical (unpaired) electrons. The highest BCUT2D eigenvalue weighted by Gasteiger charge is 2.25. The number of hydrogen-bond donors (Lipinski definition) is 2. The lowest BCUT2D eigenvalue weighted by Crippen LogP contribution is -2.45. The molecule has 0 unspecified atom stereocenters. The van der Waals surface area contributed by atoms with Crippen molar-refractivity contribution in [2.45, 2.75) is 38.1 Å². The third-order valence-electron chi connectivity index (χ3n) is 5.25. The van der Waals surface area contributed by atoms with E-state index < -0.39 is 0 Å². The number of anilines is 1. The first-order chi connectivity index (χ1) is 11.8. The minimum atomic E-state index is 0.695. The summed E-state index contributed by atoms with van der Waals surface area (Å²) in [6.07, 6.45) is 5.68. The second-order valence-electron chi connectivity index (χ2n) is 6.87. The Morgan fingerprint density at radius 1 is 1.25 bits per heavy atom. The van der Waals surface area contributed by atoms with E-state index in [2.05, 4.69) is 28.4 Å². The van der Waals surface area contributed by atoms with Gasteiger partial charge in [-0.3, -0.25) is 0 Å². The minimum absolute atomic E-state index is 0.695. The van der Waals surface area contributed by atoms with Crippen molar-refractivity contribution in [3.63, 3.8) is 0 Å². The van der Waals surface area contributed by atoms with Crippen molar-refractivity contribution in [3.8, 4) is 0 Å². The van der Waals surface area contributed by atoms with Crippen LogP contribution in [0.25, 0.3) is 0 Å². The molecule has 4 rings (SSSR count). The van der Waals surface area contributed by atoms with E-state index in [-0.39, 0.29) is 0 Å². The van der Waals surface area contributed by atoms with E-state index in [1.54, 1.807) is 11.3 Å². The van der Waals surface area contributed by atoms with E-state index in [4.69, 9.17) is 5.41 Å². The van der Waals surface area contributed by atoms with Crippen molar-refractivity contribution in [2.24, 2.45) is 0 Å². The van der Waals surface area contributed by atoms with Gasteiger partial charge in [0.15, 0.2) is 0 Å². The smallest absolute Gasteiger partial charge is 0.0529 e. The molecule has 3 heterocycles. The Labute approximate surface area is 148 Å². The van der Waals surface area contributed by atoms with Gasteiger partial charge in [0.05, 0.1) is 5.71 Å². The molecule has 24 heavy (non-hydrogen) atoms. The van der Waals surface area contributed by atoms with Crippen LogP contribution in [0, 0.1) is 5.41 Å². The number of aryl methyl sites for hydroxylation is 1. The van der Waals surface area contributed by atoms with Crippen molar-refractivity contribution in [2.75, 3.05) is 24.5 Å². The van der Waals surface area contributed by atoms with Gasteiger partial charge in [0.1, 0.15) is 0 Å². The molecule has 0 spiro atoms. The molecule has 0 amide bonds. The lowest BCUT2D eigenvalue weighted by Gasteiger charge is -2.40. The van der Waals surface area contributed by atoms with E-state index in [9.17, 15) is 0 Å². The molecule has 2 aliphatic heterocycles. The van der Waals surface area contributed by atoms with Crippen molar-refractivity contribution >= 4 is 22.7 Å². The van der Waals surface area contributed by atoms with E-state index in [1.165, 1.54) is 49.0 Å². The summed E-state index contributed by atoms with van der Waals surface area (Å²) < 4.78 is 0. The molecule has 2 aliphatic rings. The second-order valence-corrected chi connectivity index (χ2v) is 7.82. The van der Waals surface area contributed by atoms with Crippen LogP contribution in [-0.2, 0) is 12.8 Å². The van der Waals surface area contributed by atoms with Crippen LogP contribution >= 0.6 is 11.3 Å². The summed E-state index contributed by atoms with van der Waals surface area (Å²) in [7, 11) is 0. The third kappa shape index (κ3) is 3.26. The number of piperidine rings is 1. The number of rotatable bonds is 4. The van der Waals surface area contributed by atoms with Gasteiger partial charge in [-0.05, 0) is 67.4 Å². The summed E-state index contributed by atoms with van der Waals surface area (Å²) in [5.74, 6) is 0. The predicted octanol–water partition coefficient (Wildman–Crippen LogP) is 3.86. The molecule has 0 bridgehead atoms. The van der Waals surface area contributed by atoms with Gasteiger partial charge < -0.3 is 15.6 Å². The first kappa shape index (κ1) is 15.9. The van der Waals surface area contributed by atoms with Crippen LogP contribution in [0.2, 0.25) is 0 Å². The maximum absolute atomic E-state index is 8.32. The van der Waals surface area contributed by atoms with Crippen molar-refractivity contribution in [1.82, 2.24) is 5.32 Å². The highest BCUT2D eigenvalue weighted by molar-refractivity contribution is 7.12. The molecule has 1 fully saturated rings. The zero-order chi connectivity index (χ0) is 16.4. The third-order valence-corrected chi connectivity index (χ3v) is 6.18. The van der Waals surface area contributed by atoms with Gasteiger partial charge in [-0.1, -0.05) is 18.2 Å². The van der Waals surface area contributed by atoms with Crippen LogP contribution in [-0.4, -0.2) is 31.4 Å². The molecule has 4 heteroatoms. The Balaban J connectivity index is 1.53. The summed E-state index contributed by atoms with van der Waals surface area (Å²) in [6.45, 7) is 3.49. The lowest BCUT2D eigenvalue weighted by molar-refractivity contribution is 0.422. The SMILES string of the molecule is N=C(Cc1ccc2c(c1)CCCN2C1CCNCC1)c1cccs1. The van der Waals surface area contributed by atoms with Gasteiger partial charge in [0, 0.05) is 29.6 Å². The fraction of sp³-hybridized carbons (Fsp3) is 0.450. The molecule has 126 valence electrons. The first-order valence-corrected chi connectivity index (χ1v) is 9.90. The maximum atomic E-state index is 8.32. The summed E-state index contributed by atoms with van der Waals surface area (Å²) in [5.41, 5.74) is 4.94. The summed E-state index contributed by atoms with van der Waals surface area (Å²) in [6, 6.07) is 11.7. The Morgan fingerprint density at radius 2 is 2.12 bits per heavy atom. The summed E-state index contributed by atoms with van der Waals surface area (Å²) in [4.78, 5) is 3.73. The lowest BCUT2D eigenvalue weighted by atomic mass is 9.94. The molecule has 0 saturated carbocycles. The largest absolute Gasteiger partial charge is 0.368 e. The summed E-state index contributed by atoms with van der Waals surface area (Å²) >= 11 is 1.66. The quantitative estimate of drug-likeness (QED) is 0.830. The van der Waals surface area contributed by atoms with Gasteiger partial charge in [-0.2, -0.15) is 0 Å². The molecule has 1 saturated heterocycles. The average molecular weight is 340 g/mol. The molecule has 0 atom stereocenters. The van der Waals surface area contributed by atoms with Crippen LogP contribution in [0.5, 0.6) is 0 Å². The van der Waals surface area contributed by atoms with E-state index in [0.717, 1.165) is 30.1 Å². The van der Waals surface area contributed by atoms with Crippen LogP contribution in [0.1, 0.15) is 35.3 Å². The van der Waals surface area contributed by atoms with Crippen LogP contribution in [0.4, 0.5) is 5.69 Å². The summed E-state index contributed by atoms with van der Waals surface area (Å²) in [5, 5.41) is 13.8. The number of nitrogens with zero attached hydrogens (tertiary/aromatic N) is 1. The van der Waals surface area contributed by atoms with Gasteiger partial charge >= 0.3 is 0 Å². The normalized spacial score (nSPS) is 18.4. The molecule has 0 aliphatic carbocycles.